The van der Waals surface area contributed by atoms with Crippen LogP contribution < -0.4 is 0 Å². The number of hydrogen-bond acceptors (Lipinski definition) is 3. The Balaban J connectivity index is 1.55. The predicted octanol–water partition coefficient (Wildman–Crippen LogP) is 8.47. The normalized spacial score (nSPS) is 12.1. The van der Waals surface area contributed by atoms with E-state index in [9.17, 15) is 0 Å². The Bertz CT molecular complexity index is 1700. The number of para-hydroxylation sites is 1. The third kappa shape index (κ3) is 3.28. The molecule has 0 bridgehead atoms. The molecular formula is C31H26N2O. The van der Waals surface area contributed by atoms with Crippen LogP contribution in [0, 0.1) is 6.92 Å². The van der Waals surface area contributed by atoms with Crippen molar-refractivity contribution in [2.75, 3.05) is 0 Å². The minimum atomic E-state index is 0.0743. The maximum absolute atomic E-state index is 6.24. The predicted molar refractivity (Wildman–Crippen MR) is 141 cm³/mol. The molecule has 0 unspecified atom stereocenters. The average molecular weight is 443 g/mol. The molecule has 6 aromatic rings. The van der Waals surface area contributed by atoms with E-state index in [-0.39, 0.29) is 5.41 Å². The smallest absolute Gasteiger partial charge is 0.227 e. The number of benzene rings is 3. The first-order chi connectivity index (χ1) is 16.4. The zero-order valence-electron chi connectivity index (χ0n) is 19.9. The highest BCUT2D eigenvalue weighted by Gasteiger charge is 2.19. The lowest BCUT2D eigenvalue weighted by Crippen LogP contribution is -2.11. The van der Waals surface area contributed by atoms with E-state index in [1.165, 1.54) is 21.9 Å². The maximum Gasteiger partial charge on any atom is 0.227 e. The molecule has 3 nitrogen and oxygen atoms in total. The summed E-state index contributed by atoms with van der Waals surface area (Å²) in [6.07, 6.45) is 1.89. The number of aryl methyl sites for hydroxylation is 1. The van der Waals surface area contributed by atoms with Gasteiger partial charge in [0.05, 0.1) is 5.69 Å². The van der Waals surface area contributed by atoms with Crippen molar-refractivity contribution in [1.29, 1.82) is 0 Å². The van der Waals surface area contributed by atoms with Crippen LogP contribution in [-0.4, -0.2) is 9.97 Å². The molecule has 0 aliphatic carbocycles. The summed E-state index contributed by atoms with van der Waals surface area (Å²) in [5, 5.41) is 4.65. The number of rotatable bonds is 2. The highest BCUT2D eigenvalue weighted by atomic mass is 16.3. The second-order valence-electron chi connectivity index (χ2n) is 9.98. The molecule has 0 amide bonds. The lowest BCUT2D eigenvalue weighted by atomic mass is 9.82. The van der Waals surface area contributed by atoms with Crippen molar-refractivity contribution < 1.29 is 4.42 Å². The molecule has 0 N–H and O–H groups in total. The van der Waals surface area contributed by atoms with Crippen LogP contribution in [0.2, 0.25) is 0 Å². The SMILES string of the molecule is Cc1ccc2c(n1)oc1c(-c3cc(-c4ccc(C(C)(C)C)c5ccccc45)ccn3)cccc12. The summed E-state index contributed by atoms with van der Waals surface area (Å²) in [6, 6.07) is 27.8. The van der Waals surface area contributed by atoms with Crippen LogP contribution in [0.3, 0.4) is 0 Å². The summed E-state index contributed by atoms with van der Waals surface area (Å²) in [5.74, 6) is 0. The lowest BCUT2D eigenvalue weighted by molar-refractivity contribution is 0.596. The summed E-state index contributed by atoms with van der Waals surface area (Å²) in [5.41, 5.74) is 8.09. The van der Waals surface area contributed by atoms with Gasteiger partial charge >= 0.3 is 0 Å². The fourth-order valence-corrected chi connectivity index (χ4v) is 4.92. The Morgan fingerprint density at radius 2 is 1.50 bits per heavy atom. The second kappa shape index (κ2) is 7.53. The van der Waals surface area contributed by atoms with Crippen LogP contribution in [-0.2, 0) is 5.41 Å². The van der Waals surface area contributed by atoms with Gasteiger partial charge in [0.15, 0.2) is 0 Å². The lowest BCUT2D eigenvalue weighted by Gasteiger charge is -2.22. The van der Waals surface area contributed by atoms with Crippen molar-refractivity contribution in [3.8, 4) is 22.4 Å². The van der Waals surface area contributed by atoms with Gasteiger partial charge < -0.3 is 4.42 Å². The van der Waals surface area contributed by atoms with E-state index >= 15 is 0 Å². The Morgan fingerprint density at radius 3 is 2.32 bits per heavy atom. The molecular weight excluding hydrogens is 416 g/mol. The molecule has 3 heteroatoms. The molecule has 0 aliphatic rings. The number of pyridine rings is 2. The van der Waals surface area contributed by atoms with Crippen molar-refractivity contribution >= 4 is 32.8 Å². The molecule has 34 heavy (non-hydrogen) atoms. The third-order valence-electron chi connectivity index (χ3n) is 6.58. The Kier molecular flexibility index (Phi) is 4.56. The molecule has 166 valence electrons. The van der Waals surface area contributed by atoms with Crippen molar-refractivity contribution in [3.05, 3.63) is 96.3 Å². The number of aromatic nitrogens is 2. The summed E-state index contributed by atoms with van der Waals surface area (Å²) in [6.45, 7) is 8.78. The summed E-state index contributed by atoms with van der Waals surface area (Å²) in [4.78, 5) is 9.32. The van der Waals surface area contributed by atoms with Crippen LogP contribution in [0.1, 0.15) is 32.0 Å². The number of nitrogens with zero attached hydrogens (tertiary/aromatic N) is 2. The first-order valence-corrected chi connectivity index (χ1v) is 11.7. The number of hydrogen-bond donors (Lipinski definition) is 0. The Morgan fingerprint density at radius 1 is 0.706 bits per heavy atom. The van der Waals surface area contributed by atoms with E-state index in [0.29, 0.717) is 5.71 Å². The Labute approximate surface area is 199 Å². The van der Waals surface area contributed by atoms with Gasteiger partial charge in [0.1, 0.15) is 5.58 Å². The van der Waals surface area contributed by atoms with Crippen molar-refractivity contribution in [2.45, 2.75) is 33.1 Å². The van der Waals surface area contributed by atoms with Gasteiger partial charge in [0, 0.05) is 28.2 Å². The largest absolute Gasteiger partial charge is 0.437 e. The number of furan rings is 1. The first-order valence-electron chi connectivity index (χ1n) is 11.7. The van der Waals surface area contributed by atoms with Gasteiger partial charge in [-0.25, -0.2) is 4.98 Å². The molecule has 0 radical (unpaired) electrons. The van der Waals surface area contributed by atoms with Crippen molar-refractivity contribution in [1.82, 2.24) is 9.97 Å². The van der Waals surface area contributed by atoms with Crippen LogP contribution in [0.15, 0.2) is 89.5 Å². The van der Waals surface area contributed by atoms with Gasteiger partial charge in [-0.2, -0.15) is 0 Å². The molecule has 6 rings (SSSR count). The molecule has 0 saturated carbocycles. The van der Waals surface area contributed by atoms with Crippen LogP contribution in [0.5, 0.6) is 0 Å². The zero-order valence-corrected chi connectivity index (χ0v) is 19.9. The number of fused-ring (bicyclic) bond motifs is 4. The van der Waals surface area contributed by atoms with Gasteiger partial charge in [-0.1, -0.05) is 69.3 Å². The highest BCUT2D eigenvalue weighted by molar-refractivity contribution is 6.08. The van der Waals surface area contributed by atoms with E-state index in [0.717, 1.165) is 38.9 Å². The summed E-state index contributed by atoms with van der Waals surface area (Å²) in [7, 11) is 0. The van der Waals surface area contributed by atoms with Gasteiger partial charge in [0.25, 0.3) is 0 Å². The second-order valence-corrected chi connectivity index (χ2v) is 9.98. The van der Waals surface area contributed by atoms with E-state index in [1.54, 1.807) is 0 Å². The topological polar surface area (TPSA) is 38.9 Å². The van der Waals surface area contributed by atoms with Gasteiger partial charge in [-0.05, 0) is 70.1 Å². The van der Waals surface area contributed by atoms with Gasteiger partial charge in [0.2, 0.25) is 5.71 Å². The van der Waals surface area contributed by atoms with Crippen LogP contribution in [0.25, 0.3) is 55.2 Å². The fraction of sp³-hybridized carbons (Fsp3) is 0.161. The first kappa shape index (κ1) is 20.6. The standard InChI is InChI=1S/C31H26N2O/c1-19-12-13-25-24-10-7-11-26(29(24)34-30(25)33-19)28-18-20(16-17-32-28)21-14-15-27(31(2,3)4)23-9-6-5-8-22(21)23/h5-18H,1-4H3. The van der Waals surface area contributed by atoms with E-state index in [4.69, 9.17) is 9.40 Å². The molecule has 0 fully saturated rings. The van der Waals surface area contributed by atoms with Crippen molar-refractivity contribution in [2.24, 2.45) is 0 Å². The Hall–Kier alpha value is -3.98. The molecule has 0 saturated heterocycles. The fourth-order valence-electron chi connectivity index (χ4n) is 4.92. The molecule has 0 spiro atoms. The molecule has 3 heterocycles. The molecule has 3 aromatic carbocycles. The van der Waals surface area contributed by atoms with E-state index in [1.807, 2.05) is 19.2 Å². The minimum absolute atomic E-state index is 0.0743. The van der Waals surface area contributed by atoms with E-state index < -0.39 is 0 Å². The minimum Gasteiger partial charge on any atom is -0.437 e. The van der Waals surface area contributed by atoms with E-state index in [2.05, 4.69) is 98.6 Å². The maximum atomic E-state index is 6.24. The average Bonchev–Trinajstić information content (AvgIpc) is 3.20. The molecule has 0 atom stereocenters. The van der Waals surface area contributed by atoms with Crippen LogP contribution in [0.4, 0.5) is 0 Å². The summed E-state index contributed by atoms with van der Waals surface area (Å²) >= 11 is 0. The van der Waals surface area contributed by atoms with Gasteiger partial charge in [-0.3, -0.25) is 4.98 Å². The third-order valence-corrected chi connectivity index (χ3v) is 6.58. The highest BCUT2D eigenvalue weighted by Crippen LogP contribution is 2.38. The molecule has 3 aromatic heterocycles. The zero-order chi connectivity index (χ0) is 23.4. The monoisotopic (exact) mass is 442 g/mol. The summed E-state index contributed by atoms with van der Waals surface area (Å²) < 4.78 is 6.24. The quantitative estimate of drug-likeness (QED) is 0.270. The van der Waals surface area contributed by atoms with Crippen LogP contribution >= 0.6 is 0 Å². The molecule has 0 aliphatic heterocycles. The van der Waals surface area contributed by atoms with Crippen molar-refractivity contribution in [3.63, 3.8) is 0 Å². The van der Waals surface area contributed by atoms with Gasteiger partial charge in [-0.15, -0.1) is 0 Å².